The Morgan fingerprint density at radius 1 is 1.03 bits per heavy atom. The van der Waals surface area contributed by atoms with Crippen LogP contribution < -0.4 is 11.1 Å². The highest BCUT2D eigenvalue weighted by atomic mass is 16.2. The van der Waals surface area contributed by atoms with E-state index in [4.69, 9.17) is 5.73 Å². The third-order valence-electron chi connectivity index (χ3n) is 5.48. The molecule has 0 unspecified atom stereocenters. The highest BCUT2D eigenvalue weighted by Crippen LogP contribution is 2.41. The monoisotopic (exact) mass is 455 g/mol. The van der Waals surface area contributed by atoms with Crippen LogP contribution in [0.15, 0.2) is 61.1 Å². The quantitative estimate of drug-likeness (QED) is 0.445. The first-order valence-electron chi connectivity index (χ1n) is 10.5. The molecule has 0 aliphatic carbocycles. The van der Waals surface area contributed by atoms with E-state index in [1.165, 1.54) is 11.2 Å². The molecule has 0 radical (unpaired) electrons. The summed E-state index contributed by atoms with van der Waals surface area (Å²) < 4.78 is 1.95. The molecule has 3 heterocycles. The van der Waals surface area contributed by atoms with E-state index in [-0.39, 0.29) is 11.8 Å². The summed E-state index contributed by atoms with van der Waals surface area (Å²) in [6.45, 7) is 5.32. The molecular weight excluding hydrogens is 430 g/mol. The van der Waals surface area contributed by atoms with Crippen LogP contribution in [0.5, 0.6) is 0 Å². The van der Waals surface area contributed by atoms with Crippen LogP contribution in [0.2, 0.25) is 0 Å². The number of hydrogen-bond acceptors (Lipinski definition) is 6. The number of nitrogen functional groups attached to an aromatic ring is 1. The molecule has 0 atom stereocenters. The Kier molecular flexibility index (Phi) is 5.85. The fraction of sp³-hybridized carbons (Fsp3) is 0.160. The first-order chi connectivity index (χ1) is 16.2. The largest absolute Gasteiger partial charge is 0.383 e. The summed E-state index contributed by atoms with van der Waals surface area (Å²) in [5.41, 5.74) is 11.7. The summed E-state index contributed by atoms with van der Waals surface area (Å²) in [6.07, 6.45) is 3.08. The number of nitrogens with two attached hydrogens (primary N) is 1. The molecule has 4 aromatic rings. The van der Waals surface area contributed by atoms with Gasteiger partial charge in [0.2, 0.25) is 0 Å². The summed E-state index contributed by atoms with van der Waals surface area (Å²) in [7, 11) is 5.27. The highest BCUT2D eigenvalue weighted by Gasteiger charge is 2.22. The van der Waals surface area contributed by atoms with Crippen LogP contribution in [-0.4, -0.2) is 50.3 Å². The summed E-state index contributed by atoms with van der Waals surface area (Å²) in [5.74, 6) is -0.0694. The summed E-state index contributed by atoms with van der Waals surface area (Å²) in [4.78, 5) is 38.7. The van der Waals surface area contributed by atoms with Gasteiger partial charge in [-0.25, -0.2) is 9.97 Å². The second kappa shape index (κ2) is 8.78. The van der Waals surface area contributed by atoms with Gasteiger partial charge in [-0.05, 0) is 30.7 Å². The smallest absolute Gasteiger partial charge is 0.271 e. The number of carbonyl (C=O) groups excluding carboxylic acids is 2. The van der Waals surface area contributed by atoms with Crippen molar-refractivity contribution in [1.29, 1.82) is 0 Å². The van der Waals surface area contributed by atoms with Crippen LogP contribution >= 0.6 is 0 Å². The van der Waals surface area contributed by atoms with Crippen LogP contribution in [0.1, 0.15) is 17.4 Å². The van der Waals surface area contributed by atoms with Gasteiger partial charge >= 0.3 is 0 Å². The van der Waals surface area contributed by atoms with E-state index in [0.717, 1.165) is 22.4 Å². The maximum absolute atomic E-state index is 12.3. The standard InChI is InChI=1S/C25H25N7O2/c1-14(2)24(33)30-17-9-6-15(7-10-17)21-19(20-22(26)28-13-29-23(20)32(21)5)16-8-11-18(27-12-16)25(34)31(3)4/h6-13H,1H2,2-5H3,(H,30,33)(H2,26,28,29). The van der Waals surface area contributed by atoms with Gasteiger partial charge in [-0.15, -0.1) is 0 Å². The van der Waals surface area contributed by atoms with Crippen molar-refractivity contribution in [2.45, 2.75) is 6.92 Å². The molecule has 3 N–H and O–H groups in total. The lowest BCUT2D eigenvalue weighted by Gasteiger charge is -2.12. The van der Waals surface area contributed by atoms with Crippen molar-refractivity contribution in [3.05, 3.63) is 66.8 Å². The molecular formula is C25H25N7O2. The van der Waals surface area contributed by atoms with Crippen LogP contribution in [0.3, 0.4) is 0 Å². The maximum atomic E-state index is 12.3. The van der Waals surface area contributed by atoms with E-state index in [0.29, 0.717) is 33.8 Å². The van der Waals surface area contributed by atoms with E-state index >= 15 is 0 Å². The second-order valence-corrected chi connectivity index (χ2v) is 8.18. The number of nitrogens with one attached hydrogen (secondary N) is 1. The van der Waals surface area contributed by atoms with Crippen molar-refractivity contribution in [1.82, 2.24) is 24.4 Å². The first-order valence-corrected chi connectivity index (χ1v) is 10.5. The van der Waals surface area contributed by atoms with Gasteiger partial charge < -0.3 is 20.5 Å². The topological polar surface area (TPSA) is 119 Å². The predicted octanol–water partition coefficient (Wildman–Crippen LogP) is 3.50. The number of hydrogen-bond donors (Lipinski definition) is 2. The molecule has 0 saturated heterocycles. The van der Waals surface area contributed by atoms with Crippen LogP contribution in [0.4, 0.5) is 11.5 Å². The zero-order chi connectivity index (χ0) is 24.6. The summed E-state index contributed by atoms with van der Waals surface area (Å²) in [6, 6.07) is 11.0. The number of nitrogens with zero attached hydrogens (tertiary/aromatic N) is 5. The molecule has 0 bridgehead atoms. The van der Waals surface area contributed by atoms with Gasteiger partial charge in [0.05, 0.1) is 11.1 Å². The second-order valence-electron chi connectivity index (χ2n) is 8.18. The fourth-order valence-corrected chi connectivity index (χ4v) is 3.74. The zero-order valence-corrected chi connectivity index (χ0v) is 19.5. The van der Waals surface area contributed by atoms with Crippen LogP contribution in [0, 0.1) is 0 Å². The number of anilines is 2. The lowest BCUT2D eigenvalue weighted by Crippen LogP contribution is -2.22. The van der Waals surface area contributed by atoms with E-state index in [2.05, 4.69) is 26.8 Å². The SMILES string of the molecule is C=C(C)C(=O)Nc1ccc(-c2c(-c3ccc(C(=O)N(C)C)nc3)c3c(N)ncnc3n2C)cc1. The Bertz CT molecular complexity index is 1420. The number of amides is 2. The summed E-state index contributed by atoms with van der Waals surface area (Å²) >= 11 is 0. The van der Waals surface area contributed by atoms with Gasteiger partial charge in [0.25, 0.3) is 11.8 Å². The Labute approximate surface area is 197 Å². The van der Waals surface area contributed by atoms with E-state index in [1.807, 2.05) is 41.9 Å². The highest BCUT2D eigenvalue weighted by molar-refractivity contribution is 6.08. The van der Waals surface area contributed by atoms with Gasteiger partial charge in [-0.2, -0.15) is 0 Å². The van der Waals surface area contributed by atoms with E-state index in [9.17, 15) is 9.59 Å². The maximum Gasteiger partial charge on any atom is 0.271 e. The number of aromatic nitrogens is 4. The zero-order valence-electron chi connectivity index (χ0n) is 19.5. The normalized spacial score (nSPS) is 10.8. The molecule has 0 aliphatic rings. The Balaban J connectivity index is 1.87. The molecule has 0 aliphatic heterocycles. The number of benzene rings is 1. The number of pyridine rings is 1. The third kappa shape index (κ3) is 3.99. The predicted molar refractivity (Wildman–Crippen MR) is 133 cm³/mol. The average Bonchev–Trinajstić information content (AvgIpc) is 3.12. The molecule has 9 heteroatoms. The molecule has 34 heavy (non-hydrogen) atoms. The van der Waals surface area contributed by atoms with Crippen molar-refractivity contribution < 1.29 is 9.59 Å². The Hall–Kier alpha value is -4.53. The molecule has 0 fully saturated rings. The lowest BCUT2D eigenvalue weighted by atomic mass is 9.99. The third-order valence-corrected chi connectivity index (χ3v) is 5.48. The minimum absolute atomic E-state index is 0.181. The molecule has 1 aromatic carbocycles. The number of carbonyl (C=O) groups is 2. The van der Waals surface area contributed by atoms with Gasteiger partial charge in [0.1, 0.15) is 23.5 Å². The minimum atomic E-state index is -0.237. The van der Waals surface area contributed by atoms with Crippen molar-refractivity contribution in [2.24, 2.45) is 7.05 Å². The number of rotatable bonds is 5. The summed E-state index contributed by atoms with van der Waals surface area (Å²) in [5, 5.41) is 3.51. The fourth-order valence-electron chi connectivity index (χ4n) is 3.74. The molecule has 9 nitrogen and oxygen atoms in total. The van der Waals surface area contributed by atoms with Crippen LogP contribution in [0.25, 0.3) is 33.4 Å². The lowest BCUT2D eigenvalue weighted by molar-refractivity contribution is -0.112. The molecule has 172 valence electrons. The average molecular weight is 456 g/mol. The molecule has 3 aromatic heterocycles. The van der Waals surface area contributed by atoms with Crippen molar-refractivity contribution in [3.8, 4) is 22.4 Å². The van der Waals surface area contributed by atoms with Gasteiger partial charge in [0.15, 0.2) is 0 Å². The molecule has 4 rings (SSSR count). The van der Waals surface area contributed by atoms with Gasteiger partial charge in [0, 0.05) is 49.7 Å². The Morgan fingerprint density at radius 2 is 1.71 bits per heavy atom. The minimum Gasteiger partial charge on any atom is -0.383 e. The molecule has 0 saturated carbocycles. The van der Waals surface area contributed by atoms with Crippen molar-refractivity contribution >= 4 is 34.4 Å². The van der Waals surface area contributed by atoms with Crippen molar-refractivity contribution in [2.75, 3.05) is 25.1 Å². The van der Waals surface area contributed by atoms with Crippen LogP contribution in [-0.2, 0) is 11.8 Å². The van der Waals surface area contributed by atoms with Crippen molar-refractivity contribution in [3.63, 3.8) is 0 Å². The number of aryl methyl sites for hydroxylation is 1. The Morgan fingerprint density at radius 3 is 2.29 bits per heavy atom. The number of fused-ring (bicyclic) bond motifs is 1. The molecule has 2 amide bonds. The van der Waals surface area contributed by atoms with E-state index in [1.54, 1.807) is 33.3 Å². The van der Waals surface area contributed by atoms with E-state index < -0.39 is 0 Å². The first kappa shape index (κ1) is 22.7. The van der Waals surface area contributed by atoms with Gasteiger partial charge in [-0.1, -0.05) is 24.8 Å². The molecule has 0 spiro atoms. The van der Waals surface area contributed by atoms with Gasteiger partial charge in [-0.3, -0.25) is 14.6 Å².